The summed E-state index contributed by atoms with van der Waals surface area (Å²) < 4.78 is 31.5. The summed E-state index contributed by atoms with van der Waals surface area (Å²) in [7, 11) is 0. The Morgan fingerprint density at radius 3 is 1.71 bits per heavy atom. The molecule has 0 aromatic carbocycles. The highest BCUT2D eigenvalue weighted by Crippen LogP contribution is 2.42. The molecule has 11 nitrogen and oxygen atoms in total. The number of carbonyl (C=O) groups is 4. The first-order chi connectivity index (χ1) is 21.1. The average Bonchev–Trinajstić information content (AvgIpc) is 3.66. The molecule has 1 N–H and O–H groups in total. The Kier molecular flexibility index (Phi) is 11.4. The topological polar surface area (TPSA) is 144 Å². The number of esters is 4. The molecule has 2 aliphatic carbocycles. The van der Waals surface area contributed by atoms with Gasteiger partial charge in [-0.1, -0.05) is 37.5 Å². The number of aliphatic hydroxyl groups is 1. The maximum atomic E-state index is 12.2. The smallest absolute Gasteiger partial charge is 0.419 e. The van der Waals surface area contributed by atoms with Gasteiger partial charge in [0.05, 0.1) is 25.2 Å². The molecule has 4 rings (SSSR count). The number of hydrogen-bond donors (Lipinski definition) is 1. The van der Waals surface area contributed by atoms with Gasteiger partial charge < -0.3 is 33.5 Å². The van der Waals surface area contributed by atoms with E-state index in [0.717, 1.165) is 51.4 Å². The summed E-state index contributed by atoms with van der Waals surface area (Å²) in [6.45, 7) is 8.13. The molecule has 246 valence electrons. The highest BCUT2D eigenvalue weighted by molar-refractivity contribution is 6.29. The zero-order valence-electron chi connectivity index (χ0n) is 26.8. The fourth-order valence-electron chi connectivity index (χ4n) is 6.20. The van der Waals surface area contributed by atoms with Gasteiger partial charge in [-0.25, -0.2) is 19.2 Å². The molecule has 2 unspecified atom stereocenters. The quantitative estimate of drug-likeness (QED) is 0.177. The van der Waals surface area contributed by atoms with Gasteiger partial charge >= 0.3 is 23.9 Å². The van der Waals surface area contributed by atoms with E-state index < -0.39 is 46.7 Å². The van der Waals surface area contributed by atoms with Crippen LogP contribution >= 0.6 is 0 Å². The summed E-state index contributed by atoms with van der Waals surface area (Å²) in [6, 6.07) is 0. The largest absolute Gasteiger partial charge is 0.458 e. The second kappa shape index (κ2) is 14.4. The Labute approximate surface area is 265 Å². The Hall–Kier alpha value is -3.96. The summed E-state index contributed by atoms with van der Waals surface area (Å²) in [4.78, 5) is 47.1. The number of hydrogen-bond acceptors (Lipinski definition) is 11. The molecule has 0 spiro atoms. The van der Waals surface area contributed by atoms with Crippen LogP contribution in [-0.4, -0.2) is 58.4 Å². The lowest BCUT2D eigenvalue weighted by Gasteiger charge is -2.37. The first-order valence-electron chi connectivity index (χ1n) is 15.4. The van der Waals surface area contributed by atoms with Crippen LogP contribution in [0.15, 0.2) is 23.7 Å². The van der Waals surface area contributed by atoms with Gasteiger partial charge in [0.25, 0.3) is 0 Å². The zero-order chi connectivity index (χ0) is 33.5. The number of ether oxygens (including phenoxy) is 6. The van der Waals surface area contributed by atoms with Crippen molar-refractivity contribution in [1.82, 2.24) is 0 Å². The van der Waals surface area contributed by atoms with E-state index in [-0.39, 0.29) is 37.0 Å². The first-order valence-corrected chi connectivity index (χ1v) is 15.4. The Morgan fingerprint density at radius 1 is 0.822 bits per heavy atom. The van der Waals surface area contributed by atoms with Gasteiger partial charge in [0, 0.05) is 40.0 Å². The molecule has 0 aromatic heterocycles. The fourth-order valence-corrected chi connectivity index (χ4v) is 6.20. The molecule has 2 fully saturated rings. The highest BCUT2D eigenvalue weighted by atomic mass is 16.7. The first kappa shape index (κ1) is 35.5. The third-order valence-electron chi connectivity index (χ3n) is 8.14. The molecule has 45 heavy (non-hydrogen) atoms. The lowest BCUT2D eigenvalue weighted by molar-refractivity contribution is -0.210. The second-order valence-electron chi connectivity index (χ2n) is 12.6. The van der Waals surface area contributed by atoms with E-state index in [9.17, 15) is 24.3 Å². The van der Waals surface area contributed by atoms with Crippen molar-refractivity contribution in [3.8, 4) is 24.7 Å². The van der Waals surface area contributed by atoms with Crippen LogP contribution < -0.4 is 0 Å². The number of cyclic esters (lactones) is 2. The Morgan fingerprint density at radius 2 is 1.29 bits per heavy atom. The third-order valence-corrected chi connectivity index (χ3v) is 8.14. The summed E-state index contributed by atoms with van der Waals surface area (Å²) in [5.41, 5.74) is -2.63. The molecule has 2 saturated carbocycles. The molecule has 4 aliphatic rings. The average molecular weight is 629 g/mol. The molecule has 2 heterocycles. The van der Waals surface area contributed by atoms with Crippen LogP contribution in [0.5, 0.6) is 0 Å². The lowest BCUT2D eigenvalue weighted by atomic mass is 9.82. The van der Waals surface area contributed by atoms with Crippen molar-refractivity contribution < 1.29 is 52.7 Å². The van der Waals surface area contributed by atoms with Crippen LogP contribution in [0.1, 0.15) is 98.8 Å². The lowest BCUT2D eigenvalue weighted by Crippen LogP contribution is -2.44. The van der Waals surface area contributed by atoms with Gasteiger partial charge in [-0.3, -0.25) is 0 Å². The van der Waals surface area contributed by atoms with Crippen molar-refractivity contribution in [2.45, 2.75) is 122 Å². The van der Waals surface area contributed by atoms with Gasteiger partial charge in [-0.2, -0.15) is 0 Å². The van der Waals surface area contributed by atoms with Gasteiger partial charge in [-0.05, 0) is 38.5 Å². The van der Waals surface area contributed by atoms with Crippen molar-refractivity contribution in [3.05, 3.63) is 23.7 Å². The van der Waals surface area contributed by atoms with Crippen LogP contribution in [0.25, 0.3) is 0 Å². The zero-order valence-corrected chi connectivity index (χ0v) is 26.8. The van der Waals surface area contributed by atoms with Gasteiger partial charge in [0.1, 0.15) is 17.1 Å². The minimum atomic E-state index is -1.39. The van der Waals surface area contributed by atoms with Crippen LogP contribution in [0.4, 0.5) is 0 Å². The van der Waals surface area contributed by atoms with Gasteiger partial charge in [-0.15, -0.1) is 12.8 Å². The van der Waals surface area contributed by atoms with Crippen molar-refractivity contribution in [3.63, 3.8) is 0 Å². The van der Waals surface area contributed by atoms with Gasteiger partial charge in [0.15, 0.2) is 5.60 Å². The monoisotopic (exact) mass is 628 g/mol. The van der Waals surface area contributed by atoms with E-state index in [4.69, 9.17) is 41.3 Å². The molecule has 0 saturated heterocycles. The summed E-state index contributed by atoms with van der Waals surface area (Å²) in [6.07, 6.45) is 21.2. The summed E-state index contributed by atoms with van der Waals surface area (Å²) in [5, 5.41) is 10.6. The maximum Gasteiger partial charge on any atom is 0.419 e. The van der Waals surface area contributed by atoms with E-state index in [1.54, 1.807) is 34.6 Å². The molecular formula is C34H44O11. The minimum absolute atomic E-state index is 0.0160. The van der Waals surface area contributed by atoms with E-state index in [1.807, 2.05) is 0 Å². The molecule has 11 heteroatoms. The van der Waals surface area contributed by atoms with Crippen LogP contribution in [0, 0.1) is 36.5 Å². The molecule has 2 aliphatic heterocycles. The number of rotatable bonds is 8. The standard InChI is InChI=1S/C19H24O7.C15H20O4/c1-5-19(13-9-7-8-10-13,26-17(22)16(21)23-6-2)12-14-11-15(20)25-18(3,4)24-14;1-4-15(17,11-7-5-6-8-11)10-12-9-13(16)19-14(2,3)18-12/h1,11,13H,6-10,12H2,2-4H3;1,9,11,17H,5-8,10H2,2-3H3. The molecule has 0 amide bonds. The highest BCUT2D eigenvalue weighted by Gasteiger charge is 2.46. The molecular weight excluding hydrogens is 584 g/mol. The number of carbonyl (C=O) groups excluding carboxylic acids is 4. The fraction of sp³-hybridized carbons (Fsp3) is 0.647. The molecule has 2 atom stereocenters. The van der Waals surface area contributed by atoms with Crippen LogP contribution in [-0.2, 0) is 47.6 Å². The predicted molar refractivity (Wildman–Crippen MR) is 160 cm³/mol. The molecule has 0 radical (unpaired) electrons. The molecule has 0 aromatic rings. The molecule has 0 bridgehead atoms. The predicted octanol–water partition coefficient (Wildman–Crippen LogP) is 4.36. The third kappa shape index (κ3) is 9.51. The normalized spacial score (nSPS) is 23.3. The van der Waals surface area contributed by atoms with E-state index in [1.165, 1.54) is 12.2 Å². The van der Waals surface area contributed by atoms with E-state index >= 15 is 0 Å². The van der Waals surface area contributed by atoms with E-state index in [2.05, 4.69) is 11.8 Å². The SMILES string of the molecule is C#CC(CC1=CC(=O)OC(C)(C)O1)(OC(=O)C(=O)OCC)C1CCCC1.C#CC(O)(CC1=CC(=O)OC(C)(C)O1)C1CCCC1. The maximum absolute atomic E-state index is 12.2. The van der Waals surface area contributed by atoms with Crippen molar-refractivity contribution in [2.75, 3.05) is 6.61 Å². The van der Waals surface area contributed by atoms with Crippen LogP contribution in [0.3, 0.4) is 0 Å². The van der Waals surface area contributed by atoms with Gasteiger partial charge in [0.2, 0.25) is 11.6 Å². The van der Waals surface area contributed by atoms with E-state index in [0.29, 0.717) is 5.76 Å². The number of terminal acetylenes is 2. The Bertz CT molecular complexity index is 1280. The Balaban J connectivity index is 0.000000257. The van der Waals surface area contributed by atoms with Crippen molar-refractivity contribution >= 4 is 23.9 Å². The van der Waals surface area contributed by atoms with Crippen molar-refractivity contribution in [2.24, 2.45) is 11.8 Å². The van der Waals surface area contributed by atoms with Crippen molar-refractivity contribution in [1.29, 1.82) is 0 Å². The second-order valence-corrected chi connectivity index (χ2v) is 12.6. The summed E-state index contributed by atoms with van der Waals surface area (Å²) in [5.74, 6) is 0.206. The summed E-state index contributed by atoms with van der Waals surface area (Å²) >= 11 is 0. The minimum Gasteiger partial charge on any atom is -0.458 e. The van der Waals surface area contributed by atoms with Crippen LogP contribution in [0.2, 0.25) is 0 Å².